The SMILES string of the molecule is Nc1c(Cl)ncn(Cc2cc(Br)cc3c2OCC3)c1=O. The molecule has 0 aliphatic carbocycles. The summed E-state index contributed by atoms with van der Waals surface area (Å²) in [7, 11) is 0. The lowest BCUT2D eigenvalue weighted by Crippen LogP contribution is -2.24. The van der Waals surface area contributed by atoms with E-state index in [1.165, 1.54) is 10.9 Å². The van der Waals surface area contributed by atoms with Crippen LogP contribution in [0.4, 0.5) is 5.69 Å². The maximum absolute atomic E-state index is 12.0. The molecule has 0 unspecified atom stereocenters. The minimum absolute atomic E-state index is 0.0296. The van der Waals surface area contributed by atoms with E-state index in [0.717, 1.165) is 27.8 Å². The predicted octanol–water partition coefficient (Wildman–Crippen LogP) is 2.22. The van der Waals surface area contributed by atoms with Crippen molar-refractivity contribution in [3.05, 3.63) is 49.6 Å². The first-order valence-electron chi connectivity index (χ1n) is 6.01. The van der Waals surface area contributed by atoms with Gasteiger partial charge in [0.05, 0.1) is 19.5 Å². The number of fused-ring (bicyclic) bond motifs is 1. The monoisotopic (exact) mass is 355 g/mol. The molecule has 20 heavy (non-hydrogen) atoms. The Hall–Kier alpha value is -1.53. The highest BCUT2D eigenvalue weighted by atomic mass is 79.9. The van der Waals surface area contributed by atoms with Gasteiger partial charge in [-0.05, 0) is 17.7 Å². The fraction of sp³-hybridized carbons (Fsp3) is 0.231. The van der Waals surface area contributed by atoms with E-state index >= 15 is 0 Å². The Morgan fingerprint density at radius 3 is 3.10 bits per heavy atom. The van der Waals surface area contributed by atoms with Gasteiger partial charge < -0.3 is 10.5 Å². The first kappa shape index (κ1) is 13.5. The summed E-state index contributed by atoms with van der Waals surface area (Å²) in [6.45, 7) is 1.00. The number of anilines is 1. The molecule has 1 aromatic heterocycles. The fourth-order valence-electron chi connectivity index (χ4n) is 2.24. The van der Waals surface area contributed by atoms with Crippen molar-refractivity contribution in [2.45, 2.75) is 13.0 Å². The molecule has 1 aliphatic heterocycles. The van der Waals surface area contributed by atoms with Crippen molar-refractivity contribution in [3.8, 4) is 5.75 Å². The van der Waals surface area contributed by atoms with Gasteiger partial charge in [-0.2, -0.15) is 0 Å². The Kier molecular flexibility index (Phi) is 3.43. The Labute approximate surface area is 128 Å². The van der Waals surface area contributed by atoms with Gasteiger partial charge in [-0.15, -0.1) is 0 Å². The molecule has 7 heteroatoms. The number of rotatable bonds is 2. The highest BCUT2D eigenvalue weighted by Gasteiger charge is 2.18. The molecular formula is C13H11BrClN3O2. The summed E-state index contributed by atoms with van der Waals surface area (Å²) in [5, 5.41) is 0.0296. The van der Waals surface area contributed by atoms with Gasteiger partial charge in [-0.25, -0.2) is 4.98 Å². The van der Waals surface area contributed by atoms with Gasteiger partial charge >= 0.3 is 0 Å². The van der Waals surface area contributed by atoms with Crippen LogP contribution in [-0.2, 0) is 13.0 Å². The lowest BCUT2D eigenvalue weighted by Gasteiger charge is -2.11. The first-order valence-corrected chi connectivity index (χ1v) is 7.18. The average Bonchev–Trinajstić information content (AvgIpc) is 2.87. The maximum Gasteiger partial charge on any atom is 0.278 e. The quantitative estimate of drug-likeness (QED) is 0.838. The van der Waals surface area contributed by atoms with Crippen molar-refractivity contribution in [1.29, 1.82) is 0 Å². The molecule has 0 saturated heterocycles. The van der Waals surface area contributed by atoms with E-state index in [0.29, 0.717) is 13.2 Å². The number of benzene rings is 1. The molecule has 0 saturated carbocycles. The van der Waals surface area contributed by atoms with Crippen LogP contribution in [0.3, 0.4) is 0 Å². The number of hydrogen-bond acceptors (Lipinski definition) is 4. The zero-order valence-corrected chi connectivity index (χ0v) is 12.7. The molecule has 2 heterocycles. The Balaban J connectivity index is 2.05. The van der Waals surface area contributed by atoms with Crippen molar-refractivity contribution in [1.82, 2.24) is 9.55 Å². The lowest BCUT2D eigenvalue weighted by molar-refractivity contribution is 0.352. The van der Waals surface area contributed by atoms with Crippen LogP contribution in [0.1, 0.15) is 11.1 Å². The molecule has 0 radical (unpaired) electrons. The summed E-state index contributed by atoms with van der Waals surface area (Å²) in [4.78, 5) is 15.9. The van der Waals surface area contributed by atoms with Crippen LogP contribution in [0.5, 0.6) is 5.75 Å². The van der Waals surface area contributed by atoms with Crippen LogP contribution < -0.4 is 16.0 Å². The van der Waals surface area contributed by atoms with E-state index in [-0.39, 0.29) is 16.4 Å². The molecule has 0 atom stereocenters. The Morgan fingerprint density at radius 1 is 1.50 bits per heavy atom. The molecule has 0 amide bonds. The highest BCUT2D eigenvalue weighted by Crippen LogP contribution is 2.33. The van der Waals surface area contributed by atoms with E-state index in [4.69, 9.17) is 22.1 Å². The molecule has 0 spiro atoms. The largest absolute Gasteiger partial charge is 0.493 e. The van der Waals surface area contributed by atoms with Crippen LogP contribution in [-0.4, -0.2) is 16.2 Å². The van der Waals surface area contributed by atoms with Gasteiger partial charge in [0.1, 0.15) is 11.4 Å². The fourth-order valence-corrected chi connectivity index (χ4v) is 2.92. The second-order valence-electron chi connectivity index (χ2n) is 4.53. The normalized spacial score (nSPS) is 13.1. The molecule has 104 valence electrons. The number of hydrogen-bond donors (Lipinski definition) is 1. The number of aromatic nitrogens is 2. The smallest absolute Gasteiger partial charge is 0.278 e. The van der Waals surface area contributed by atoms with Crippen molar-refractivity contribution in [3.63, 3.8) is 0 Å². The van der Waals surface area contributed by atoms with E-state index in [1.54, 1.807) is 0 Å². The van der Waals surface area contributed by atoms with Crippen LogP contribution in [0.25, 0.3) is 0 Å². The number of ether oxygens (including phenoxy) is 1. The van der Waals surface area contributed by atoms with Gasteiger partial charge in [-0.3, -0.25) is 9.36 Å². The molecule has 5 nitrogen and oxygen atoms in total. The van der Waals surface area contributed by atoms with E-state index in [2.05, 4.69) is 20.9 Å². The van der Waals surface area contributed by atoms with Crippen molar-refractivity contribution >= 4 is 33.2 Å². The number of halogens is 2. The summed E-state index contributed by atoms with van der Waals surface area (Å²) >= 11 is 9.20. The van der Waals surface area contributed by atoms with E-state index in [1.807, 2.05) is 12.1 Å². The van der Waals surface area contributed by atoms with Crippen LogP contribution >= 0.6 is 27.5 Å². The summed E-state index contributed by atoms with van der Waals surface area (Å²) in [5.74, 6) is 0.841. The van der Waals surface area contributed by atoms with Gasteiger partial charge in [0.15, 0.2) is 5.15 Å². The number of nitrogen functional groups attached to an aromatic ring is 1. The lowest BCUT2D eigenvalue weighted by atomic mass is 10.1. The molecule has 2 aromatic rings. The third kappa shape index (κ3) is 2.29. The van der Waals surface area contributed by atoms with Crippen LogP contribution in [0, 0.1) is 0 Å². The average molecular weight is 357 g/mol. The van der Waals surface area contributed by atoms with Gasteiger partial charge in [0.2, 0.25) is 0 Å². The molecule has 1 aromatic carbocycles. The summed E-state index contributed by atoms with van der Waals surface area (Å²) < 4.78 is 8.02. The Morgan fingerprint density at radius 2 is 2.30 bits per heavy atom. The molecule has 1 aliphatic rings. The highest BCUT2D eigenvalue weighted by molar-refractivity contribution is 9.10. The Bertz CT molecular complexity index is 745. The standard InChI is InChI=1S/C13H11BrClN3O2/c14-9-3-7-1-2-20-11(7)8(4-9)5-18-6-17-12(15)10(16)13(18)19/h3-4,6H,1-2,5,16H2. The molecule has 0 bridgehead atoms. The minimum atomic E-state index is -0.350. The molecule has 0 fully saturated rings. The van der Waals surface area contributed by atoms with Gasteiger partial charge in [0.25, 0.3) is 5.56 Å². The molecular weight excluding hydrogens is 346 g/mol. The number of nitrogens with two attached hydrogens (primary N) is 1. The van der Waals surface area contributed by atoms with E-state index in [9.17, 15) is 4.79 Å². The second kappa shape index (κ2) is 5.10. The summed E-state index contributed by atoms with van der Waals surface area (Å²) in [5.41, 5.74) is 7.27. The maximum atomic E-state index is 12.0. The molecule has 3 rings (SSSR count). The zero-order chi connectivity index (χ0) is 14.3. The van der Waals surface area contributed by atoms with Gasteiger partial charge in [0, 0.05) is 16.5 Å². The predicted molar refractivity (Wildman–Crippen MR) is 80.4 cm³/mol. The van der Waals surface area contributed by atoms with Crippen molar-refractivity contribution < 1.29 is 4.74 Å². The number of nitrogens with zero attached hydrogens (tertiary/aromatic N) is 2. The first-order chi connectivity index (χ1) is 9.56. The zero-order valence-electron chi connectivity index (χ0n) is 10.4. The van der Waals surface area contributed by atoms with Crippen molar-refractivity contribution in [2.75, 3.05) is 12.3 Å². The third-order valence-corrected chi connectivity index (χ3v) is 3.95. The molecule has 2 N–H and O–H groups in total. The van der Waals surface area contributed by atoms with Gasteiger partial charge in [-0.1, -0.05) is 27.5 Å². The third-order valence-electron chi connectivity index (χ3n) is 3.19. The summed E-state index contributed by atoms with van der Waals surface area (Å²) in [6.07, 6.45) is 2.26. The van der Waals surface area contributed by atoms with Crippen molar-refractivity contribution in [2.24, 2.45) is 0 Å². The summed E-state index contributed by atoms with van der Waals surface area (Å²) in [6, 6.07) is 3.96. The van der Waals surface area contributed by atoms with Crippen LogP contribution in [0.15, 0.2) is 27.7 Å². The minimum Gasteiger partial charge on any atom is -0.493 e. The van der Waals surface area contributed by atoms with E-state index < -0.39 is 0 Å². The second-order valence-corrected chi connectivity index (χ2v) is 5.81. The topological polar surface area (TPSA) is 70.1 Å². The van der Waals surface area contributed by atoms with Crippen LogP contribution in [0.2, 0.25) is 5.15 Å².